The van der Waals surface area contributed by atoms with E-state index in [0.717, 1.165) is 38.2 Å². The van der Waals surface area contributed by atoms with Crippen molar-refractivity contribution in [1.29, 1.82) is 0 Å². The molecule has 1 amide bonds. The Balaban J connectivity index is 1.76. The maximum absolute atomic E-state index is 12.4. The second-order valence-corrected chi connectivity index (χ2v) is 7.45. The van der Waals surface area contributed by atoms with Gasteiger partial charge in [-0.15, -0.1) is 0 Å². The third kappa shape index (κ3) is 4.37. The molecule has 0 spiro atoms. The van der Waals surface area contributed by atoms with Gasteiger partial charge in [0.25, 0.3) is 0 Å². The van der Waals surface area contributed by atoms with Crippen molar-refractivity contribution in [3.05, 3.63) is 0 Å². The quantitative estimate of drug-likeness (QED) is 0.851. The zero-order chi connectivity index (χ0) is 14.5. The monoisotopic (exact) mass is 299 g/mol. The first kappa shape index (κ1) is 16.1. The number of likely N-dealkylation sites (tertiary alicyclic amines) is 1. The summed E-state index contributed by atoms with van der Waals surface area (Å²) in [5.41, 5.74) is 0. The zero-order valence-electron chi connectivity index (χ0n) is 13.1. The third-order valence-corrected chi connectivity index (χ3v) is 5.72. The van der Waals surface area contributed by atoms with Crippen LogP contribution in [-0.2, 0) is 4.79 Å². The maximum Gasteiger partial charge on any atom is 0.224 e. The lowest BCUT2D eigenvalue weighted by Crippen LogP contribution is -2.49. The van der Waals surface area contributed by atoms with Gasteiger partial charge in [-0.3, -0.25) is 4.79 Å². The Labute approximate surface area is 127 Å². The van der Waals surface area contributed by atoms with Gasteiger partial charge < -0.3 is 15.1 Å². The Hall–Kier alpha value is -0.260. The van der Waals surface area contributed by atoms with Crippen molar-refractivity contribution in [2.75, 3.05) is 38.2 Å². The number of amides is 1. The van der Waals surface area contributed by atoms with E-state index in [-0.39, 0.29) is 0 Å². The molecule has 2 heterocycles. The van der Waals surface area contributed by atoms with Crippen LogP contribution in [0, 0.1) is 0 Å². The molecule has 0 aromatic carbocycles. The van der Waals surface area contributed by atoms with Crippen molar-refractivity contribution in [2.24, 2.45) is 0 Å². The summed E-state index contributed by atoms with van der Waals surface area (Å²) < 4.78 is 0. The highest BCUT2D eigenvalue weighted by atomic mass is 32.2. The lowest BCUT2D eigenvalue weighted by Gasteiger charge is -2.39. The molecule has 116 valence electrons. The van der Waals surface area contributed by atoms with Crippen LogP contribution in [0.5, 0.6) is 0 Å². The van der Waals surface area contributed by atoms with E-state index in [1.807, 2.05) is 23.7 Å². The summed E-state index contributed by atoms with van der Waals surface area (Å²) in [6, 6.07) is 1.44. The smallest absolute Gasteiger partial charge is 0.224 e. The number of rotatable bonds is 4. The zero-order valence-corrected chi connectivity index (χ0v) is 13.9. The Kier molecular flexibility index (Phi) is 6.18. The summed E-state index contributed by atoms with van der Waals surface area (Å²) >= 11 is 1.96. The first-order valence-electron chi connectivity index (χ1n) is 7.88. The Morgan fingerprint density at radius 2 is 2.10 bits per heavy atom. The van der Waals surface area contributed by atoms with Gasteiger partial charge >= 0.3 is 0 Å². The molecule has 2 saturated heterocycles. The van der Waals surface area contributed by atoms with E-state index in [1.54, 1.807) is 0 Å². The van der Waals surface area contributed by atoms with Crippen molar-refractivity contribution in [2.45, 2.75) is 51.2 Å². The minimum Gasteiger partial charge on any atom is -0.343 e. The largest absolute Gasteiger partial charge is 0.343 e. The number of nitrogens with zero attached hydrogens (tertiary/aromatic N) is 2. The van der Waals surface area contributed by atoms with E-state index in [1.165, 1.54) is 5.75 Å². The van der Waals surface area contributed by atoms with Gasteiger partial charge in [-0.25, -0.2) is 0 Å². The van der Waals surface area contributed by atoms with Crippen molar-refractivity contribution in [3.63, 3.8) is 0 Å². The van der Waals surface area contributed by atoms with Crippen LogP contribution in [0.15, 0.2) is 0 Å². The fraction of sp³-hybridized carbons (Fsp3) is 0.933. The Morgan fingerprint density at radius 1 is 1.40 bits per heavy atom. The minimum atomic E-state index is 0.313. The van der Waals surface area contributed by atoms with Crippen LogP contribution in [0.1, 0.15) is 33.1 Å². The number of carbonyl (C=O) groups is 1. The van der Waals surface area contributed by atoms with Gasteiger partial charge in [-0.1, -0.05) is 0 Å². The van der Waals surface area contributed by atoms with Gasteiger partial charge in [0.15, 0.2) is 0 Å². The summed E-state index contributed by atoms with van der Waals surface area (Å²) in [7, 11) is 1.99. The molecule has 0 bridgehead atoms. The molecule has 2 aliphatic heterocycles. The van der Waals surface area contributed by atoms with E-state index in [9.17, 15) is 4.79 Å². The molecule has 1 N–H and O–H groups in total. The van der Waals surface area contributed by atoms with E-state index < -0.39 is 0 Å². The second kappa shape index (κ2) is 7.66. The van der Waals surface area contributed by atoms with Crippen LogP contribution in [0.3, 0.4) is 0 Å². The number of hydrogen-bond acceptors (Lipinski definition) is 4. The van der Waals surface area contributed by atoms with E-state index in [2.05, 4.69) is 24.1 Å². The summed E-state index contributed by atoms with van der Waals surface area (Å²) in [5.74, 6) is 2.56. The van der Waals surface area contributed by atoms with Crippen LogP contribution in [0.4, 0.5) is 0 Å². The highest BCUT2D eigenvalue weighted by Gasteiger charge is 2.27. The third-order valence-electron chi connectivity index (χ3n) is 4.59. The van der Waals surface area contributed by atoms with Crippen molar-refractivity contribution >= 4 is 17.7 Å². The molecule has 0 saturated carbocycles. The van der Waals surface area contributed by atoms with E-state index >= 15 is 0 Å². The minimum absolute atomic E-state index is 0.313. The van der Waals surface area contributed by atoms with Crippen LogP contribution in [0.2, 0.25) is 0 Å². The molecule has 1 atom stereocenters. The number of thioether (sulfide) groups is 1. The number of hydrogen-bond donors (Lipinski definition) is 1. The average molecular weight is 299 g/mol. The summed E-state index contributed by atoms with van der Waals surface area (Å²) in [4.78, 5) is 16.9. The summed E-state index contributed by atoms with van der Waals surface area (Å²) in [6.45, 7) is 7.79. The molecule has 0 aliphatic carbocycles. The van der Waals surface area contributed by atoms with Gasteiger partial charge in [-0.05, 0) is 26.7 Å². The van der Waals surface area contributed by atoms with Crippen molar-refractivity contribution in [3.8, 4) is 0 Å². The second-order valence-electron chi connectivity index (χ2n) is 6.30. The van der Waals surface area contributed by atoms with Crippen LogP contribution >= 0.6 is 11.8 Å². The Bertz CT molecular complexity index is 310. The number of nitrogens with one attached hydrogen (secondary N) is 1. The molecule has 2 aliphatic rings. The highest BCUT2D eigenvalue weighted by Crippen LogP contribution is 2.19. The summed E-state index contributed by atoms with van der Waals surface area (Å²) in [6.07, 6.45) is 2.90. The molecule has 0 aromatic heterocycles. The lowest BCUT2D eigenvalue weighted by molar-refractivity contribution is -0.133. The fourth-order valence-electron chi connectivity index (χ4n) is 3.10. The van der Waals surface area contributed by atoms with E-state index in [0.29, 0.717) is 30.5 Å². The normalized spacial score (nSPS) is 25.9. The topological polar surface area (TPSA) is 35.6 Å². The van der Waals surface area contributed by atoms with Crippen molar-refractivity contribution < 1.29 is 4.79 Å². The maximum atomic E-state index is 12.4. The number of carbonyl (C=O) groups excluding carboxylic acids is 1. The van der Waals surface area contributed by atoms with Gasteiger partial charge in [0.2, 0.25) is 5.91 Å². The molecular formula is C15H29N3OS. The molecular weight excluding hydrogens is 270 g/mol. The molecule has 0 radical (unpaired) electrons. The molecule has 2 rings (SSSR count). The Morgan fingerprint density at radius 3 is 2.65 bits per heavy atom. The average Bonchev–Trinajstić information content (AvgIpc) is 2.47. The predicted octanol–water partition coefficient (Wildman–Crippen LogP) is 1.41. The van der Waals surface area contributed by atoms with Crippen molar-refractivity contribution in [1.82, 2.24) is 15.1 Å². The molecule has 20 heavy (non-hydrogen) atoms. The SMILES string of the molecule is CC(C)N1CCC(N(C)C(=O)CC2CSCCN2)CC1. The number of piperidine rings is 1. The van der Waals surface area contributed by atoms with Gasteiger partial charge in [0.1, 0.15) is 0 Å². The molecule has 0 aromatic rings. The molecule has 2 fully saturated rings. The molecule has 1 unspecified atom stereocenters. The van der Waals surface area contributed by atoms with Crippen LogP contribution in [0.25, 0.3) is 0 Å². The van der Waals surface area contributed by atoms with Crippen LogP contribution in [-0.4, -0.2) is 72.0 Å². The van der Waals surface area contributed by atoms with Gasteiger partial charge in [0.05, 0.1) is 0 Å². The predicted molar refractivity (Wildman–Crippen MR) is 86.2 cm³/mol. The first-order chi connectivity index (χ1) is 9.58. The van der Waals surface area contributed by atoms with Crippen LogP contribution < -0.4 is 5.32 Å². The highest BCUT2D eigenvalue weighted by molar-refractivity contribution is 7.99. The fourth-order valence-corrected chi connectivity index (χ4v) is 4.05. The van der Waals surface area contributed by atoms with E-state index in [4.69, 9.17) is 0 Å². The lowest BCUT2D eigenvalue weighted by atomic mass is 10.0. The van der Waals surface area contributed by atoms with Gasteiger partial charge in [0, 0.05) is 62.7 Å². The first-order valence-corrected chi connectivity index (χ1v) is 9.04. The van der Waals surface area contributed by atoms with Gasteiger partial charge in [-0.2, -0.15) is 11.8 Å². The summed E-state index contributed by atoms with van der Waals surface area (Å²) in [5, 5.41) is 3.45. The standard InChI is InChI=1S/C15H29N3OS/c1-12(2)18-7-4-14(5-8-18)17(3)15(19)10-13-11-20-9-6-16-13/h12-14,16H,4-11H2,1-3H3. The molecule has 5 heteroatoms. The molecule has 4 nitrogen and oxygen atoms in total.